The Balaban J connectivity index is 2.03. The maximum atomic E-state index is 13.3. The number of nitrogens with zero attached hydrogens (tertiary/aromatic N) is 2. The van der Waals surface area contributed by atoms with Gasteiger partial charge in [-0.25, -0.2) is 14.0 Å². The van der Waals surface area contributed by atoms with Crippen LogP contribution in [-0.4, -0.2) is 28.5 Å². The molecule has 0 fully saturated rings. The number of nitrogens with one attached hydrogen (secondary N) is 2. The van der Waals surface area contributed by atoms with Gasteiger partial charge in [0.1, 0.15) is 5.56 Å². The summed E-state index contributed by atoms with van der Waals surface area (Å²) in [6.07, 6.45) is -3.05. The number of alkyl halides is 3. The van der Waals surface area contributed by atoms with Gasteiger partial charge < -0.3 is 14.8 Å². The van der Waals surface area contributed by atoms with Gasteiger partial charge in [-0.15, -0.1) is 0 Å². The van der Waals surface area contributed by atoms with Crippen LogP contribution in [0.5, 0.6) is 17.4 Å². The monoisotopic (exact) mass is 490 g/mol. The van der Waals surface area contributed by atoms with Crippen LogP contribution in [0.25, 0.3) is 0 Å². The van der Waals surface area contributed by atoms with E-state index in [4.69, 9.17) is 19.5 Å². The Kier molecular flexibility index (Phi) is 6.78. The van der Waals surface area contributed by atoms with Crippen molar-refractivity contribution in [1.29, 1.82) is 10.0 Å². The molecular weight excluding hydrogens is 473 g/mol. The van der Waals surface area contributed by atoms with Crippen LogP contribution in [0.1, 0.15) is 21.5 Å². The van der Waals surface area contributed by atoms with Crippen LogP contribution in [0.3, 0.4) is 0 Å². The second kappa shape index (κ2) is 9.40. The molecule has 3 rings (SSSR count). The number of carbonyl (C=O) groups excluding carboxylic acids is 1. The Labute approximate surface area is 192 Å². The highest BCUT2D eigenvalue weighted by atomic mass is 32.2. The minimum absolute atomic E-state index is 0.0183. The topological polar surface area (TPSA) is 125 Å². The van der Waals surface area contributed by atoms with Crippen molar-refractivity contribution in [2.24, 2.45) is 0 Å². The number of nitriles is 1. The second-order valence-electron chi connectivity index (χ2n) is 6.98. The maximum absolute atomic E-state index is 13.3. The molecule has 0 spiro atoms. The lowest BCUT2D eigenvalue weighted by Gasteiger charge is -2.15. The standard InChI is InChI=1S/C22H17F3N4O4S/c1-32-19-8-13(11-26)6-7-18(19)33-21-17(9-14(12-28-21)22(23,24)25)20(30)29-15-4-3-5-16(10-15)34(2,27)31/h3-10,12,27H,1-2H3,(H,29,30). The SMILES string of the molecule is COc1cc(C#N)ccc1Oc1ncc(C(F)(F)F)cc1C(=O)Nc1cccc(S(C)(=N)=O)c1. The third-order valence-corrected chi connectivity index (χ3v) is 5.62. The van der Waals surface area contributed by atoms with Crippen molar-refractivity contribution < 1.29 is 31.6 Å². The summed E-state index contributed by atoms with van der Waals surface area (Å²) >= 11 is 0. The highest BCUT2D eigenvalue weighted by Gasteiger charge is 2.33. The Hall–Kier alpha value is -4.11. The highest BCUT2D eigenvalue weighted by molar-refractivity contribution is 7.91. The molecular formula is C22H17F3N4O4S. The van der Waals surface area contributed by atoms with Crippen LogP contribution in [0.2, 0.25) is 0 Å². The van der Waals surface area contributed by atoms with Crippen molar-refractivity contribution in [2.75, 3.05) is 18.7 Å². The third kappa shape index (κ3) is 5.62. The molecule has 34 heavy (non-hydrogen) atoms. The predicted octanol–water partition coefficient (Wildman–Crippen LogP) is 5.06. The van der Waals surface area contributed by atoms with E-state index in [0.29, 0.717) is 12.3 Å². The molecule has 1 heterocycles. The first-order chi connectivity index (χ1) is 15.9. The lowest BCUT2D eigenvalue weighted by molar-refractivity contribution is -0.137. The number of halogens is 3. The Morgan fingerprint density at radius 2 is 1.91 bits per heavy atom. The van der Waals surface area contributed by atoms with Crippen LogP contribution in [0, 0.1) is 16.1 Å². The van der Waals surface area contributed by atoms with E-state index in [-0.39, 0.29) is 27.6 Å². The number of benzene rings is 2. The zero-order chi connectivity index (χ0) is 25.1. The summed E-state index contributed by atoms with van der Waals surface area (Å²) in [5.41, 5.74) is -1.34. The maximum Gasteiger partial charge on any atom is 0.417 e. The van der Waals surface area contributed by atoms with Crippen molar-refractivity contribution in [2.45, 2.75) is 11.1 Å². The van der Waals surface area contributed by atoms with Gasteiger partial charge in [0.15, 0.2) is 11.5 Å². The van der Waals surface area contributed by atoms with Crippen molar-refractivity contribution in [3.8, 4) is 23.4 Å². The first kappa shape index (κ1) is 24.5. The largest absolute Gasteiger partial charge is 0.493 e. The molecule has 1 amide bonds. The minimum Gasteiger partial charge on any atom is -0.493 e. The van der Waals surface area contributed by atoms with Crippen molar-refractivity contribution in [3.05, 3.63) is 71.4 Å². The third-order valence-electron chi connectivity index (χ3n) is 4.46. The van der Waals surface area contributed by atoms with Gasteiger partial charge in [0.2, 0.25) is 5.88 Å². The van der Waals surface area contributed by atoms with Crippen molar-refractivity contribution in [1.82, 2.24) is 4.98 Å². The van der Waals surface area contributed by atoms with E-state index in [1.165, 1.54) is 55.8 Å². The van der Waals surface area contributed by atoms with E-state index in [1.807, 2.05) is 6.07 Å². The summed E-state index contributed by atoms with van der Waals surface area (Å²) in [6, 6.07) is 12.2. The second-order valence-corrected chi connectivity index (χ2v) is 9.14. The Morgan fingerprint density at radius 3 is 2.53 bits per heavy atom. The molecule has 0 saturated carbocycles. The fourth-order valence-corrected chi connectivity index (χ4v) is 3.48. The molecule has 2 N–H and O–H groups in total. The number of hydrogen-bond donors (Lipinski definition) is 2. The van der Waals surface area contributed by atoms with Crippen LogP contribution < -0.4 is 14.8 Å². The molecule has 0 bridgehead atoms. The summed E-state index contributed by atoms with van der Waals surface area (Å²) in [5, 5.41) is 11.4. The molecule has 1 atom stereocenters. The van der Waals surface area contributed by atoms with E-state index in [2.05, 4.69) is 10.3 Å². The summed E-state index contributed by atoms with van der Waals surface area (Å²) in [5.74, 6) is -1.30. The molecule has 0 aliphatic rings. The van der Waals surface area contributed by atoms with Gasteiger partial charge in [0.05, 0.1) is 34.0 Å². The number of hydrogen-bond acceptors (Lipinski definition) is 7. The number of methoxy groups -OCH3 is 1. The Bertz CT molecular complexity index is 1400. The number of pyridine rings is 1. The number of rotatable bonds is 6. The fourth-order valence-electron chi connectivity index (χ4n) is 2.79. The van der Waals surface area contributed by atoms with Gasteiger partial charge in [-0.1, -0.05) is 6.07 Å². The van der Waals surface area contributed by atoms with Crippen LogP contribution >= 0.6 is 0 Å². The number of aromatic nitrogens is 1. The van der Waals surface area contributed by atoms with Gasteiger partial charge >= 0.3 is 6.18 Å². The molecule has 0 saturated heterocycles. The zero-order valence-corrected chi connectivity index (χ0v) is 18.6. The summed E-state index contributed by atoms with van der Waals surface area (Å²) in [7, 11) is -1.78. The number of amides is 1. The summed E-state index contributed by atoms with van der Waals surface area (Å²) < 4.78 is 70.2. The van der Waals surface area contributed by atoms with Gasteiger partial charge in [-0.3, -0.25) is 4.79 Å². The fraction of sp³-hybridized carbons (Fsp3) is 0.136. The molecule has 0 radical (unpaired) electrons. The molecule has 8 nitrogen and oxygen atoms in total. The van der Waals surface area contributed by atoms with Crippen LogP contribution in [0.4, 0.5) is 18.9 Å². The van der Waals surface area contributed by atoms with E-state index in [1.54, 1.807) is 0 Å². The molecule has 1 unspecified atom stereocenters. The lowest BCUT2D eigenvalue weighted by Crippen LogP contribution is -2.16. The summed E-state index contributed by atoms with van der Waals surface area (Å²) in [4.78, 5) is 16.7. The summed E-state index contributed by atoms with van der Waals surface area (Å²) in [6.45, 7) is 0. The molecule has 3 aromatic rings. The van der Waals surface area contributed by atoms with E-state index < -0.39 is 38.8 Å². The van der Waals surface area contributed by atoms with Gasteiger partial charge in [0, 0.05) is 29.1 Å². The van der Waals surface area contributed by atoms with Gasteiger partial charge in [-0.2, -0.15) is 18.4 Å². The average Bonchev–Trinajstić information content (AvgIpc) is 2.78. The Morgan fingerprint density at radius 1 is 1.18 bits per heavy atom. The van der Waals surface area contributed by atoms with Gasteiger partial charge in [-0.05, 0) is 36.4 Å². The average molecular weight is 490 g/mol. The normalized spacial score (nSPS) is 12.8. The molecule has 2 aromatic carbocycles. The highest BCUT2D eigenvalue weighted by Crippen LogP contribution is 2.36. The first-order valence-electron chi connectivity index (χ1n) is 9.41. The molecule has 0 aliphatic heterocycles. The van der Waals surface area contributed by atoms with E-state index in [9.17, 15) is 22.2 Å². The lowest BCUT2D eigenvalue weighted by atomic mass is 10.1. The smallest absolute Gasteiger partial charge is 0.417 e. The molecule has 12 heteroatoms. The van der Waals surface area contributed by atoms with Crippen LogP contribution in [0.15, 0.2) is 59.6 Å². The first-order valence-corrected chi connectivity index (χ1v) is 11.4. The number of anilines is 1. The predicted molar refractivity (Wildman–Crippen MR) is 116 cm³/mol. The minimum atomic E-state index is -4.77. The molecule has 176 valence electrons. The molecule has 0 aliphatic carbocycles. The molecule has 1 aromatic heterocycles. The van der Waals surface area contributed by atoms with Crippen LogP contribution in [-0.2, 0) is 15.9 Å². The van der Waals surface area contributed by atoms with Crippen molar-refractivity contribution in [3.63, 3.8) is 0 Å². The zero-order valence-electron chi connectivity index (χ0n) is 17.8. The quantitative estimate of drug-likeness (QED) is 0.498. The number of carbonyl (C=O) groups is 1. The van der Waals surface area contributed by atoms with Gasteiger partial charge in [0.25, 0.3) is 5.91 Å². The van der Waals surface area contributed by atoms with Crippen molar-refractivity contribution >= 4 is 21.3 Å². The van der Waals surface area contributed by atoms with E-state index in [0.717, 1.165) is 0 Å². The van der Waals surface area contributed by atoms with E-state index >= 15 is 0 Å². The number of ether oxygens (including phenoxy) is 2.